The molecule has 5 heteroatoms. The maximum absolute atomic E-state index is 6.11. The van der Waals surface area contributed by atoms with Crippen LogP contribution in [0.1, 0.15) is 11.1 Å². The average Bonchev–Trinajstić information content (AvgIpc) is 2.43. The monoisotopic (exact) mass is 338 g/mol. The Kier molecular flexibility index (Phi) is 5.45. The molecule has 0 fully saturated rings. The predicted molar refractivity (Wildman–Crippen MR) is 95.3 cm³/mol. The Balaban J connectivity index is 2.00. The molecule has 0 aromatic heterocycles. The smallest absolute Gasteiger partial charge is 0.173 e. The highest BCUT2D eigenvalue weighted by atomic mass is 35.5. The molecule has 0 saturated carbocycles. The highest BCUT2D eigenvalue weighted by Gasteiger charge is 2.07. The van der Waals surface area contributed by atoms with Crippen LogP contribution in [0.5, 0.6) is 0 Å². The van der Waals surface area contributed by atoms with Gasteiger partial charge in [-0.15, -0.1) is 0 Å². The van der Waals surface area contributed by atoms with Crippen LogP contribution in [-0.2, 0) is 6.54 Å². The maximum Gasteiger partial charge on any atom is 0.173 e. The molecule has 2 aromatic carbocycles. The van der Waals surface area contributed by atoms with E-state index in [1.54, 1.807) is 0 Å². The summed E-state index contributed by atoms with van der Waals surface area (Å²) in [5.74, 6) is 0. The van der Waals surface area contributed by atoms with Crippen molar-refractivity contribution in [3.05, 3.63) is 63.6 Å². The summed E-state index contributed by atoms with van der Waals surface area (Å²) in [7, 11) is 1.94. The quantitative estimate of drug-likeness (QED) is 0.781. The first kappa shape index (κ1) is 16.1. The normalized spacial score (nSPS) is 10.3. The van der Waals surface area contributed by atoms with E-state index >= 15 is 0 Å². The van der Waals surface area contributed by atoms with E-state index in [1.165, 1.54) is 0 Å². The summed E-state index contributed by atoms with van der Waals surface area (Å²) in [6, 6.07) is 13.5. The van der Waals surface area contributed by atoms with Gasteiger partial charge in [-0.25, -0.2) is 0 Å². The molecule has 2 rings (SSSR count). The van der Waals surface area contributed by atoms with Crippen LogP contribution in [0, 0.1) is 6.92 Å². The van der Waals surface area contributed by atoms with E-state index < -0.39 is 0 Å². The van der Waals surface area contributed by atoms with Gasteiger partial charge in [0.1, 0.15) is 0 Å². The molecule has 0 aliphatic carbocycles. The molecule has 0 amide bonds. The molecule has 0 atom stereocenters. The highest BCUT2D eigenvalue weighted by Crippen LogP contribution is 2.20. The van der Waals surface area contributed by atoms with Crippen molar-refractivity contribution in [1.29, 1.82) is 0 Å². The molecule has 0 bridgehead atoms. The van der Waals surface area contributed by atoms with Crippen molar-refractivity contribution >= 4 is 46.2 Å². The Labute approximate surface area is 140 Å². The van der Waals surface area contributed by atoms with Crippen LogP contribution in [0.4, 0.5) is 5.69 Å². The van der Waals surface area contributed by atoms with Gasteiger partial charge in [0.25, 0.3) is 0 Å². The van der Waals surface area contributed by atoms with E-state index in [9.17, 15) is 0 Å². The number of nitrogens with zero attached hydrogens (tertiary/aromatic N) is 1. The number of rotatable bonds is 3. The number of thiocarbonyl (C=S) groups is 1. The zero-order chi connectivity index (χ0) is 15.4. The minimum Gasteiger partial charge on any atom is -0.348 e. The number of aryl methyl sites for hydroxylation is 1. The highest BCUT2D eigenvalue weighted by molar-refractivity contribution is 7.80. The third-order valence-corrected chi connectivity index (χ3v) is 4.13. The Morgan fingerprint density at radius 2 is 1.95 bits per heavy atom. The zero-order valence-electron chi connectivity index (χ0n) is 11.9. The zero-order valence-corrected chi connectivity index (χ0v) is 14.2. The lowest BCUT2D eigenvalue weighted by atomic mass is 10.2. The predicted octanol–water partition coefficient (Wildman–Crippen LogP) is 5.13. The third kappa shape index (κ3) is 4.60. The lowest BCUT2D eigenvalue weighted by molar-refractivity contribution is 0.508. The fraction of sp³-hybridized carbons (Fsp3) is 0.188. The van der Waals surface area contributed by atoms with E-state index in [1.807, 2.05) is 61.3 Å². The molecule has 0 saturated heterocycles. The first-order valence-corrected chi connectivity index (χ1v) is 7.65. The van der Waals surface area contributed by atoms with Crippen molar-refractivity contribution in [2.45, 2.75) is 13.5 Å². The van der Waals surface area contributed by atoms with E-state index in [0.717, 1.165) is 26.9 Å². The minimum atomic E-state index is 0.634. The summed E-state index contributed by atoms with van der Waals surface area (Å²) in [6.45, 7) is 2.65. The largest absolute Gasteiger partial charge is 0.348 e. The van der Waals surface area contributed by atoms with Crippen LogP contribution < -0.4 is 5.32 Å². The second kappa shape index (κ2) is 7.12. The van der Waals surface area contributed by atoms with Crippen molar-refractivity contribution in [3.63, 3.8) is 0 Å². The topological polar surface area (TPSA) is 15.3 Å². The van der Waals surface area contributed by atoms with Gasteiger partial charge in [-0.2, -0.15) is 0 Å². The van der Waals surface area contributed by atoms with E-state index in [4.69, 9.17) is 35.4 Å². The number of hydrogen-bond acceptors (Lipinski definition) is 1. The molecule has 2 aromatic rings. The standard InChI is InChI=1S/C16H16Cl2N2S/c1-11-6-7-14(9-15(11)18)19-16(21)20(2)10-12-4-3-5-13(17)8-12/h3-9H,10H2,1-2H3,(H,19,21). The minimum absolute atomic E-state index is 0.634. The van der Waals surface area contributed by atoms with Gasteiger partial charge < -0.3 is 10.2 Å². The van der Waals surface area contributed by atoms with E-state index in [2.05, 4.69) is 5.32 Å². The fourth-order valence-electron chi connectivity index (χ4n) is 1.87. The SMILES string of the molecule is Cc1ccc(NC(=S)N(C)Cc2cccc(Cl)c2)cc1Cl. The van der Waals surface area contributed by atoms with Crippen LogP contribution in [0.25, 0.3) is 0 Å². The van der Waals surface area contributed by atoms with Gasteiger partial charge in [-0.05, 0) is 54.5 Å². The Bertz CT molecular complexity index is 658. The summed E-state index contributed by atoms with van der Waals surface area (Å²) in [4.78, 5) is 1.95. The summed E-state index contributed by atoms with van der Waals surface area (Å²) in [6.07, 6.45) is 0. The molecule has 2 nitrogen and oxygen atoms in total. The Morgan fingerprint density at radius 3 is 2.62 bits per heavy atom. The molecule has 21 heavy (non-hydrogen) atoms. The Hall–Kier alpha value is -1.29. The number of anilines is 1. The number of hydrogen-bond donors (Lipinski definition) is 1. The van der Waals surface area contributed by atoms with E-state index in [0.29, 0.717) is 11.7 Å². The van der Waals surface area contributed by atoms with Crippen molar-refractivity contribution < 1.29 is 0 Å². The third-order valence-electron chi connectivity index (χ3n) is 3.08. The van der Waals surface area contributed by atoms with Crippen molar-refractivity contribution in [3.8, 4) is 0 Å². The molecule has 1 N–H and O–H groups in total. The van der Waals surface area contributed by atoms with Gasteiger partial charge in [0.2, 0.25) is 0 Å². The Morgan fingerprint density at radius 1 is 1.19 bits per heavy atom. The van der Waals surface area contributed by atoms with Crippen LogP contribution in [0.3, 0.4) is 0 Å². The number of benzene rings is 2. The van der Waals surface area contributed by atoms with Gasteiger partial charge in [-0.1, -0.05) is 41.4 Å². The molecule has 0 heterocycles. The van der Waals surface area contributed by atoms with Gasteiger partial charge in [0.05, 0.1) is 0 Å². The molecule has 0 spiro atoms. The maximum atomic E-state index is 6.11. The summed E-state index contributed by atoms with van der Waals surface area (Å²) >= 11 is 17.5. The molecule has 0 aliphatic heterocycles. The number of nitrogens with one attached hydrogen (secondary N) is 1. The first-order valence-electron chi connectivity index (χ1n) is 6.48. The van der Waals surface area contributed by atoms with Crippen LogP contribution in [0.2, 0.25) is 10.0 Å². The lowest BCUT2D eigenvalue weighted by Gasteiger charge is -2.21. The van der Waals surface area contributed by atoms with Crippen molar-refractivity contribution in [2.75, 3.05) is 12.4 Å². The van der Waals surface area contributed by atoms with Crippen LogP contribution in [0.15, 0.2) is 42.5 Å². The number of halogens is 2. The van der Waals surface area contributed by atoms with E-state index in [-0.39, 0.29) is 0 Å². The summed E-state index contributed by atoms with van der Waals surface area (Å²) in [5.41, 5.74) is 3.03. The lowest BCUT2D eigenvalue weighted by Crippen LogP contribution is -2.30. The van der Waals surface area contributed by atoms with Crippen LogP contribution >= 0.6 is 35.4 Å². The summed E-state index contributed by atoms with van der Waals surface area (Å²) < 4.78 is 0. The first-order chi connectivity index (χ1) is 9.95. The molecular formula is C16H16Cl2N2S. The van der Waals surface area contributed by atoms with Gasteiger partial charge in [-0.3, -0.25) is 0 Å². The van der Waals surface area contributed by atoms with Gasteiger partial charge in [0, 0.05) is 29.3 Å². The molecule has 110 valence electrons. The summed E-state index contributed by atoms with van der Waals surface area (Å²) in [5, 5.41) is 5.27. The second-order valence-electron chi connectivity index (χ2n) is 4.88. The average molecular weight is 339 g/mol. The van der Waals surface area contributed by atoms with Gasteiger partial charge in [0.15, 0.2) is 5.11 Å². The molecule has 0 unspecified atom stereocenters. The van der Waals surface area contributed by atoms with Crippen molar-refractivity contribution in [2.24, 2.45) is 0 Å². The van der Waals surface area contributed by atoms with Crippen LogP contribution in [-0.4, -0.2) is 17.1 Å². The second-order valence-corrected chi connectivity index (χ2v) is 6.11. The van der Waals surface area contributed by atoms with Gasteiger partial charge >= 0.3 is 0 Å². The molecule has 0 aliphatic rings. The molecule has 0 radical (unpaired) electrons. The van der Waals surface area contributed by atoms with Crippen molar-refractivity contribution in [1.82, 2.24) is 4.90 Å². The molecular weight excluding hydrogens is 323 g/mol. The fourth-order valence-corrected chi connectivity index (χ4v) is 2.45.